The summed E-state index contributed by atoms with van der Waals surface area (Å²) in [4.78, 5) is 27.6. The molecule has 2 aromatic rings. The van der Waals surface area contributed by atoms with E-state index < -0.39 is 0 Å². The third-order valence-electron chi connectivity index (χ3n) is 3.97. The van der Waals surface area contributed by atoms with Crippen LogP contribution in [0.4, 0.5) is 5.69 Å². The fourth-order valence-corrected chi connectivity index (χ4v) is 2.89. The Bertz CT molecular complexity index is 879. The zero-order valence-corrected chi connectivity index (χ0v) is 14.6. The van der Waals surface area contributed by atoms with Crippen LogP contribution >= 0.6 is 11.6 Å². The number of benzene rings is 1. The van der Waals surface area contributed by atoms with Crippen molar-refractivity contribution in [3.8, 4) is 0 Å². The summed E-state index contributed by atoms with van der Waals surface area (Å²) in [7, 11) is 0. The Balaban J connectivity index is 1.80. The summed E-state index contributed by atoms with van der Waals surface area (Å²) in [6, 6.07) is 8.68. The molecule has 7 heteroatoms. The number of amides is 2. The number of carbonyl (C=O) groups excluding carboxylic acids is 2. The minimum Gasteiger partial charge on any atom is -0.321 e. The van der Waals surface area contributed by atoms with Crippen molar-refractivity contribution in [1.29, 1.82) is 0 Å². The van der Waals surface area contributed by atoms with Crippen LogP contribution in [0.1, 0.15) is 35.0 Å². The van der Waals surface area contributed by atoms with Crippen LogP contribution < -0.4 is 10.7 Å². The van der Waals surface area contributed by atoms with Gasteiger partial charge in [0.2, 0.25) is 5.91 Å². The molecular formula is C18H17ClN4O2. The number of carbonyl (C=O) groups is 2. The Labute approximate surface area is 150 Å². The topological polar surface area (TPSA) is 83.4 Å². The Morgan fingerprint density at radius 3 is 2.80 bits per heavy atom. The fourth-order valence-electron chi connectivity index (χ4n) is 2.73. The maximum atomic E-state index is 12.2. The van der Waals surface area contributed by atoms with E-state index in [2.05, 4.69) is 20.8 Å². The van der Waals surface area contributed by atoms with Crippen LogP contribution in [0, 0.1) is 12.8 Å². The molecule has 3 rings (SSSR count). The maximum absolute atomic E-state index is 12.2. The Kier molecular flexibility index (Phi) is 4.81. The van der Waals surface area contributed by atoms with E-state index in [0.29, 0.717) is 17.1 Å². The van der Waals surface area contributed by atoms with Gasteiger partial charge in [0.1, 0.15) is 5.69 Å². The van der Waals surface area contributed by atoms with Crippen LogP contribution in [-0.4, -0.2) is 22.5 Å². The third kappa shape index (κ3) is 3.85. The van der Waals surface area contributed by atoms with Gasteiger partial charge in [0.15, 0.2) is 0 Å². The zero-order chi connectivity index (χ0) is 18.0. The average Bonchev–Trinajstić information content (AvgIpc) is 2.56. The van der Waals surface area contributed by atoms with Gasteiger partial charge >= 0.3 is 0 Å². The first-order chi connectivity index (χ1) is 11.9. The lowest BCUT2D eigenvalue weighted by Gasteiger charge is -2.20. The van der Waals surface area contributed by atoms with E-state index in [1.807, 2.05) is 26.0 Å². The molecule has 25 heavy (non-hydrogen) atoms. The summed E-state index contributed by atoms with van der Waals surface area (Å²) >= 11 is 5.88. The van der Waals surface area contributed by atoms with E-state index in [9.17, 15) is 9.59 Å². The number of aromatic nitrogens is 1. The van der Waals surface area contributed by atoms with E-state index >= 15 is 0 Å². The predicted molar refractivity (Wildman–Crippen MR) is 96.8 cm³/mol. The van der Waals surface area contributed by atoms with Crippen molar-refractivity contribution in [3.05, 3.63) is 58.4 Å². The highest BCUT2D eigenvalue weighted by atomic mass is 35.5. The number of pyridine rings is 1. The van der Waals surface area contributed by atoms with Crippen molar-refractivity contribution in [2.75, 3.05) is 5.32 Å². The van der Waals surface area contributed by atoms with Gasteiger partial charge in [-0.15, -0.1) is 0 Å². The van der Waals surface area contributed by atoms with Gasteiger partial charge in [-0.2, -0.15) is 5.10 Å². The van der Waals surface area contributed by atoms with Crippen molar-refractivity contribution >= 4 is 34.8 Å². The molecule has 0 radical (unpaired) electrons. The molecule has 0 spiro atoms. The molecular weight excluding hydrogens is 340 g/mol. The van der Waals surface area contributed by atoms with Crippen molar-refractivity contribution in [2.45, 2.75) is 20.3 Å². The Morgan fingerprint density at radius 1 is 1.32 bits per heavy atom. The van der Waals surface area contributed by atoms with E-state index in [1.165, 1.54) is 12.3 Å². The van der Waals surface area contributed by atoms with Crippen LogP contribution in [0.3, 0.4) is 0 Å². The third-order valence-corrected chi connectivity index (χ3v) is 4.21. The van der Waals surface area contributed by atoms with E-state index in [-0.39, 0.29) is 23.4 Å². The summed E-state index contributed by atoms with van der Waals surface area (Å²) < 4.78 is 0. The highest BCUT2D eigenvalue weighted by Crippen LogP contribution is 2.22. The average molecular weight is 357 g/mol. The standard InChI is InChI=1S/C18H17ClN4O2/c1-10-7-13(21-18(25)15-9-12(19)5-6-20-15)3-4-14(10)17-11(2)8-16(24)22-23-17/h3-7,9,11H,8H2,1-2H3,(H,21,25)(H,22,24). The highest BCUT2D eigenvalue weighted by molar-refractivity contribution is 6.31. The number of hydrazone groups is 1. The summed E-state index contributed by atoms with van der Waals surface area (Å²) in [6.07, 6.45) is 1.90. The molecule has 1 aliphatic heterocycles. The molecule has 0 bridgehead atoms. The normalized spacial score (nSPS) is 16.8. The second-order valence-electron chi connectivity index (χ2n) is 5.98. The van der Waals surface area contributed by atoms with Crippen molar-refractivity contribution in [3.63, 3.8) is 0 Å². The summed E-state index contributed by atoms with van der Waals surface area (Å²) in [6.45, 7) is 3.91. The first kappa shape index (κ1) is 17.1. The molecule has 1 aliphatic rings. The van der Waals surface area contributed by atoms with Gasteiger partial charge in [0, 0.05) is 34.8 Å². The SMILES string of the molecule is Cc1cc(NC(=O)c2cc(Cl)ccn2)ccc1C1=NNC(=O)CC1C. The van der Waals surface area contributed by atoms with Crippen LogP contribution in [0.5, 0.6) is 0 Å². The summed E-state index contributed by atoms with van der Waals surface area (Å²) in [5.41, 5.74) is 6.17. The van der Waals surface area contributed by atoms with Crippen LogP contribution in [0.15, 0.2) is 41.6 Å². The van der Waals surface area contributed by atoms with Gasteiger partial charge in [-0.3, -0.25) is 14.6 Å². The molecule has 2 N–H and O–H groups in total. The number of hydrogen-bond donors (Lipinski definition) is 2. The molecule has 6 nitrogen and oxygen atoms in total. The first-order valence-electron chi connectivity index (χ1n) is 7.84. The van der Waals surface area contributed by atoms with Crippen LogP contribution in [-0.2, 0) is 4.79 Å². The minimum absolute atomic E-state index is 0.0450. The minimum atomic E-state index is -0.328. The number of nitrogens with zero attached hydrogens (tertiary/aromatic N) is 2. The monoisotopic (exact) mass is 356 g/mol. The van der Waals surface area contributed by atoms with Gasteiger partial charge < -0.3 is 5.32 Å². The highest BCUT2D eigenvalue weighted by Gasteiger charge is 2.22. The molecule has 1 aromatic carbocycles. The molecule has 0 fully saturated rings. The lowest BCUT2D eigenvalue weighted by Crippen LogP contribution is -2.32. The van der Waals surface area contributed by atoms with Crippen molar-refractivity contribution in [2.24, 2.45) is 11.0 Å². The lowest BCUT2D eigenvalue weighted by atomic mass is 9.91. The molecule has 2 amide bonds. The number of aryl methyl sites for hydroxylation is 1. The molecule has 1 unspecified atom stereocenters. The van der Waals surface area contributed by atoms with Gasteiger partial charge in [-0.1, -0.05) is 24.6 Å². The van der Waals surface area contributed by atoms with E-state index in [4.69, 9.17) is 11.6 Å². The second-order valence-corrected chi connectivity index (χ2v) is 6.42. The van der Waals surface area contributed by atoms with Gasteiger partial charge in [0.05, 0.1) is 5.71 Å². The molecule has 0 saturated heterocycles. The lowest BCUT2D eigenvalue weighted by molar-refractivity contribution is -0.121. The number of anilines is 1. The molecule has 2 heterocycles. The zero-order valence-electron chi connectivity index (χ0n) is 13.8. The van der Waals surface area contributed by atoms with Gasteiger partial charge in [-0.25, -0.2) is 5.43 Å². The quantitative estimate of drug-likeness (QED) is 0.886. The molecule has 0 aliphatic carbocycles. The molecule has 1 atom stereocenters. The van der Waals surface area contributed by atoms with E-state index in [1.54, 1.807) is 12.1 Å². The number of halogens is 1. The van der Waals surface area contributed by atoms with Gasteiger partial charge in [-0.05, 0) is 36.8 Å². The smallest absolute Gasteiger partial charge is 0.274 e. The predicted octanol–water partition coefficient (Wildman–Crippen LogP) is 3.16. The van der Waals surface area contributed by atoms with Crippen molar-refractivity contribution in [1.82, 2.24) is 10.4 Å². The largest absolute Gasteiger partial charge is 0.321 e. The maximum Gasteiger partial charge on any atom is 0.274 e. The molecule has 1 aromatic heterocycles. The number of nitrogens with one attached hydrogen (secondary N) is 2. The Morgan fingerprint density at radius 2 is 2.12 bits per heavy atom. The number of rotatable bonds is 3. The van der Waals surface area contributed by atoms with Gasteiger partial charge in [0.25, 0.3) is 5.91 Å². The summed E-state index contributed by atoms with van der Waals surface area (Å²) in [5, 5.41) is 7.44. The molecule has 128 valence electrons. The van der Waals surface area contributed by atoms with Crippen molar-refractivity contribution < 1.29 is 9.59 Å². The second kappa shape index (κ2) is 7.03. The Hall–Kier alpha value is -2.73. The number of hydrogen-bond acceptors (Lipinski definition) is 4. The van der Waals surface area contributed by atoms with E-state index in [0.717, 1.165) is 16.8 Å². The molecule has 0 saturated carbocycles. The van der Waals surface area contributed by atoms with Crippen LogP contribution in [0.2, 0.25) is 5.02 Å². The summed E-state index contributed by atoms with van der Waals surface area (Å²) in [5.74, 6) is -0.361. The first-order valence-corrected chi connectivity index (χ1v) is 8.22. The fraction of sp³-hybridized carbons (Fsp3) is 0.222. The van der Waals surface area contributed by atoms with Crippen LogP contribution in [0.25, 0.3) is 0 Å².